The summed E-state index contributed by atoms with van der Waals surface area (Å²) in [5, 5.41) is 23.1. The quantitative estimate of drug-likeness (QED) is 0.620. The van der Waals surface area contributed by atoms with Crippen LogP contribution in [0.15, 0.2) is 42.5 Å². The molecule has 1 aliphatic heterocycles. The van der Waals surface area contributed by atoms with Gasteiger partial charge in [-0.25, -0.2) is 0 Å². The van der Waals surface area contributed by atoms with Crippen molar-refractivity contribution in [2.75, 3.05) is 23.7 Å². The van der Waals surface area contributed by atoms with Gasteiger partial charge in [0.2, 0.25) is 5.91 Å². The fraction of sp³-hybridized carbons (Fsp3) is 0.333. The molecular weight excluding hydrogens is 390 g/mol. The second-order valence-corrected chi connectivity index (χ2v) is 7.96. The van der Waals surface area contributed by atoms with Crippen LogP contribution in [-0.2, 0) is 4.79 Å². The van der Waals surface area contributed by atoms with Gasteiger partial charge in [0.05, 0.1) is 17.2 Å². The molecule has 0 aromatic heterocycles. The van der Waals surface area contributed by atoms with E-state index < -0.39 is 0 Å². The lowest BCUT2D eigenvalue weighted by Crippen LogP contribution is -2.41. The van der Waals surface area contributed by atoms with E-state index in [-0.39, 0.29) is 23.8 Å². The number of carbonyl (C=O) groups is 2. The second-order valence-electron chi connectivity index (χ2n) is 7.96. The Kier molecular flexibility index (Phi) is 7.03. The van der Waals surface area contributed by atoms with Crippen LogP contribution in [0.2, 0.25) is 0 Å². The molecule has 7 heteroatoms. The highest BCUT2D eigenvalue weighted by atomic mass is 16.2. The van der Waals surface area contributed by atoms with E-state index in [0.717, 1.165) is 5.69 Å². The normalized spacial score (nSPS) is 14.1. The highest BCUT2D eigenvalue weighted by Gasteiger charge is 2.28. The molecule has 1 heterocycles. The number of benzene rings is 2. The molecular formula is C24H27N5O2. The fourth-order valence-electron chi connectivity index (χ4n) is 3.73. The summed E-state index contributed by atoms with van der Waals surface area (Å²) in [5.74, 6) is -0.433. The number of anilines is 2. The van der Waals surface area contributed by atoms with Crippen LogP contribution in [0.1, 0.15) is 48.2 Å². The molecule has 3 N–H and O–H groups in total. The lowest BCUT2D eigenvalue weighted by atomic mass is 9.95. The van der Waals surface area contributed by atoms with E-state index in [1.807, 2.05) is 26.0 Å². The van der Waals surface area contributed by atoms with E-state index in [9.17, 15) is 14.9 Å². The van der Waals surface area contributed by atoms with Gasteiger partial charge in [0, 0.05) is 48.2 Å². The van der Waals surface area contributed by atoms with Crippen molar-refractivity contribution in [3.05, 3.63) is 59.2 Å². The van der Waals surface area contributed by atoms with Gasteiger partial charge in [0.15, 0.2) is 0 Å². The van der Waals surface area contributed by atoms with Crippen LogP contribution < -0.4 is 10.6 Å². The van der Waals surface area contributed by atoms with Gasteiger partial charge < -0.3 is 20.9 Å². The van der Waals surface area contributed by atoms with Crippen LogP contribution in [-0.4, -0.2) is 42.1 Å². The minimum atomic E-state index is -0.188. The predicted octanol–water partition coefficient (Wildman–Crippen LogP) is 3.87. The third-order valence-corrected chi connectivity index (χ3v) is 5.35. The molecule has 0 radical (unpaired) electrons. The van der Waals surface area contributed by atoms with Gasteiger partial charge in [-0.1, -0.05) is 12.1 Å². The van der Waals surface area contributed by atoms with Crippen LogP contribution in [0.25, 0.3) is 0 Å². The number of nitrogens with zero attached hydrogens (tertiary/aromatic N) is 2. The zero-order valence-electron chi connectivity index (χ0n) is 17.8. The van der Waals surface area contributed by atoms with E-state index in [1.165, 1.54) is 6.21 Å². The monoisotopic (exact) mass is 417 g/mol. The first-order chi connectivity index (χ1) is 14.9. The van der Waals surface area contributed by atoms with Crippen molar-refractivity contribution in [2.45, 2.75) is 32.7 Å². The summed E-state index contributed by atoms with van der Waals surface area (Å²) in [5.41, 5.74) is 2.99. The summed E-state index contributed by atoms with van der Waals surface area (Å²) < 4.78 is 0. The molecule has 2 aromatic rings. The molecule has 0 spiro atoms. The number of nitrogens with one attached hydrogen (secondary N) is 3. The average molecular weight is 418 g/mol. The minimum absolute atomic E-state index is 0.0787. The van der Waals surface area contributed by atoms with E-state index in [2.05, 4.69) is 16.7 Å². The second kappa shape index (κ2) is 9.90. The maximum Gasteiger partial charge on any atom is 0.255 e. The molecule has 3 rings (SSSR count). The Balaban J connectivity index is 1.60. The van der Waals surface area contributed by atoms with Crippen molar-refractivity contribution in [2.24, 2.45) is 5.92 Å². The van der Waals surface area contributed by atoms with E-state index in [0.29, 0.717) is 48.3 Å². The summed E-state index contributed by atoms with van der Waals surface area (Å²) in [7, 11) is 0. The standard InChI is InChI=1S/C24H27N5O2/c1-16(2)27-22-8-7-20(13-19(22)15-26)28-23(30)17-9-11-29(12-10-17)24(31)21-6-4-3-5-18(21)14-25/h3-8,13,15-17,26-27H,9-12H2,1-2H3,(H,28,30). The lowest BCUT2D eigenvalue weighted by molar-refractivity contribution is -0.121. The molecule has 7 nitrogen and oxygen atoms in total. The molecule has 0 unspecified atom stereocenters. The summed E-state index contributed by atoms with van der Waals surface area (Å²) in [6.07, 6.45) is 2.40. The lowest BCUT2D eigenvalue weighted by Gasteiger charge is -2.31. The minimum Gasteiger partial charge on any atom is -0.382 e. The highest BCUT2D eigenvalue weighted by Crippen LogP contribution is 2.24. The van der Waals surface area contributed by atoms with Crippen molar-refractivity contribution >= 4 is 29.4 Å². The molecule has 0 atom stereocenters. The maximum atomic E-state index is 12.8. The summed E-state index contributed by atoms with van der Waals surface area (Å²) in [6.45, 7) is 5.00. The molecule has 2 aromatic carbocycles. The number of nitriles is 1. The topological polar surface area (TPSA) is 109 Å². The summed E-state index contributed by atoms with van der Waals surface area (Å²) in [6, 6.07) is 14.6. The Hall–Kier alpha value is -3.66. The van der Waals surface area contributed by atoms with Crippen molar-refractivity contribution in [3.63, 3.8) is 0 Å². The Bertz CT molecular complexity index is 1020. The largest absolute Gasteiger partial charge is 0.382 e. The number of amides is 2. The molecule has 0 saturated carbocycles. The van der Waals surface area contributed by atoms with Crippen LogP contribution in [0, 0.1) is 22.7 Å². The molecule has 31 heavy (non-hydrogen) atoms. The Morgan fingerprint density at radius 3 is 2.55 bits per heavy atom. The number of carbonyl (C=O) groups excluding carboxylic acids is 2. The van der Waals surface area contributed by atoms with Crippen molar-refractivity contribution < 1.29 is 9.59 Å². The number of piperidine rings is 1. The Morgan fingerprint density at radius 2 is 1.90 bits per heavy atom. The summed E-state index contributed by atoms with van der Waals surface area (Å²) in [4.78, 5) is 27.2. The van der Waals surface area contributed by atoms with Gasteiger partial charge in [-0.2, -0.15) is 5.26 Å². The zero-order chi connectivity index (χ0) is 22.4. The Labute approximate surface area is 182 Å². The fourth-order valence-corrected chi connectivity index (χ4v) is 3.73. The van der Waals surface area contributed by atoms with E-state index >= 15 is 0 Å². The molecule has 0 bridgehead atoms. The number of rotatable bonds is 6. The Morgan fingerprint density at radius 1 is 1.19 bits per heavy atom. The van der Waals surface area contributed by atoms with Crippen molar-refractivity contribution in [1.82, 2.24) is 4.90 Å². The van der Waals surface area contributed by atoms with Crippen molar-refractivity contribution in [3.8, 4) is 6.07 Å². The highest BCUT2D eigenvalue weighted by molar-refractivity contribution is 5.97. The molecule has 0 aliphatic carbocycles. The van der Waals surface area contributed by atoms with Crippen LogP contribution in [0.5, 0.6) is 0 Å². The molecule has 160 valence electrons. The average Bonchev–Trinajstić information content (AvgIpc) is 2.79. The first kappa shape index (κ1) is 22.0. The van der Waals surface area contributed by atoms with Crippen LogP contribution in [0.4, 0.5) is 11.4 Å². The first-order valence-electron chi connectivity index (χ1n) is 10.4. The van der Waals surface area contributed by atoms with Gasteiger partial charge in [0.1, 0.15) is 0 Å². The van der Waals surface area contributed by atoms with Gasteiger partial charge in [0.25, 0.3) is 5.91 Å². The van der Waals surface area contributed by atoms with Crippen LogP contribution in [0.3, 0.4) is 0 Å². The van der Waals surface area contributed by atoms with Gasteiger partial charge in [-0.3, -0.25) is 9.59 Å². The number of likely N-dealkylation sites (tertiary alicyclic amines) is 1. The third-order valence-electron chi connectivity index (χ3n) is 5.35. The first-order valence-corrected chi connectivity index (χ1v) is 10.4. The third kappa shape index (κ3) is 5.28. The van der Waals surface area contributed by atoms with Gasteiger partial charge >= 0.3 is 0 Å². The zero-order valence-corrected chi connectivity index (χ0v) is 17.8. The number of hydrogen-bond donors (Lipinski definition) is 3. The summed E-state index contributed by atoms with van der Waals surface area (Å²) >= 11 is 0. The SMILES string of the molecule is CC(C)Nc1ccc(NC(=O)C2CCN(C(=O)c3ccccc3C#N)CC2)cc1C=N. The molecule has 1 fully saturated rings. The van der Waals surface area contributed by atoms with Gasteiger partial charge in [-0.15, -0.1) is 0 Å². The number of hydrogen-bond acceptors (Lipinski definition) is 5. The molecule has 1 aliphatic rings. The maximum absolute atomic E-state index is 12.8. The van der Waals surface area contributed by atoms with Gasteiger partial charge in [-0.05, 0) is 57.0 Å². The smallest absolute Gasteiger partial charge is 0.255 e. The van der Waals surface area contributed by atoms with Crippen molar-refractivity contribution in [1.29, 1.82) is 10.7 Å². The van der Waals surface area contributed by atoms with Crippen LogP contribution >= 0.6 is 0 Å². The van der Waals surface area contributed by atoms with E-state index in [1.54, 1.807) is 35.2 Å². The molecule has 1 saturated heterocycles. The molecule has 2 amide bonds. The van der Waals surface area contributed by atoms with E-state index in [4.69, 9.17) is 5.41 Å². The predicted molar refractivity (Wildman–Crippen MR) is 122 cm³/mol.